The van der Waals surface area contributed by atoms with Gasteiger partial charge in [-0.2, -0.15) is 4.31 Å². The number of morpholine rings is 1. The van der Waals surface area contributed by atoms with Gasteiger partial charge >= 0.3 is 6.09 Å². The van der Waals surface area contributed by atoms with Crippen LogP contribution in [0.15, 0.2) is 29.2 Å². The summed E-state index contributed by atoms with van der Waals surface area (Å²) in [5, 5.41) is 9.84. The third-order valence-electron chi connectivity index (χ3n) is 5.43. The molecule has 1 aliphatic carbocycles. The molecule has 2 aliphatic rings. The first-order chi connectivity index (χ1) is 14.2. The summed E-state index contributed by atoms with van der Waals surface area (Å²) in [5.74, 6) is 0.249. The fourth-order valence-electron chi connectivity index (χ4n) is 3.54. The molecular weight excluding hydrogens is 432 g/mol. The van der Waals surface area contributed by atoms with E-state index in [4.69, 9.17) is 21.1 Å². The zero-order chi connectivity index (χ0) is 21.9. The maximum Gasteiger partial charge on any atom is 0.409 e. The molecule has 3 rings (SSSR count). The lowest BCUT2D eigenvalue weighted by Gasteiger charge is -2.40. The molecule has 1 aliphatic heterocycles. The van der Waals surface area contributed by atoms with Crippen LogP contribution < -0.4 is 0 Å². The third kappa shape index (κ3) is 5.64. The largest absolute Gasteiger partial charge is 0.448 e. The number of amides is 1. The molecule has 0 bridgehead atoms. The normalized spacial score (nSPS) is 23.7. The first-order valence-corrected chi connectivity index (χ1v) is 11.9. The second-order valence-electron chi connectivity index (χ2n) is 8.02. The summed E-state index contributed by atoms with van der Waals surface area (Å²) in [5.41, 5.74) is 0. The molecule has 0 aromatic heterocycles. The topological polar surface area (TPSA) is 96.4 Å². The minimum atomic E-state index is -3.82. The van der Waals surface area contributed by atoms with Gasteiger partial charge in [-0.1, -0.05) is 11.6 Å². The van der Waals surface area contributed by atoms with E-state index in [0.29, 0.717) is 24.6 Å². The molecule has 1 saturated carbocycles. The van der Waals surface area contributed by atoms with Crippen LogP contribution >= 0.6 is 11.6 Å². The molecule has 168 valence electrons. The van der Waals surface area contributed by atoms with E-state index in [-0.39, 0.29) is 30.1 Å². The van der Waals surface area contributed by atoms with Gasteiger partial charge in [-0.3, -0.25) is 0 Å². The Morgan fingerprint density at radius 1 is 1.33 bits per heavy atom. The lowest BCUT2D eigenvalue weighted by molar-refractivity contribution is -0.0352. The number of nitrogens with zero attached hydrogens (tertiary/aromatic N) is 2. The highest BCUT2D eigenvalue weighted by atomic mass is 35.5. The van der Waals surface area contributed by atoms with Crippen molar-refractivity contribution >= 4 is 27.7 Å². The van der Waals surface area contributed by atoms with Crippen molar-refractivity contribution in [3.8, 4) is 0 Å². The molecule has 30 heavy (non-hydrogen) atoms. The Hall–Kier alpha value is -1.39. The van der Waals surface area contributed by atoms with Gasteiger partial charge in [0.25, 0.3) is 0 Å². The summed E-state index contributed by atoms with van der Waals surface area (Å²) < 4.78 is 39.5. The van der Waals surface area contributed by atoms with Gasteiger partial charge < -0.3 is 19.5 Å². The highest BCUT2D eigenvalue weighted by molar-refractivity contribution is 7.89. The molecule has 1 aromatic carbocycles. The van der Waals surface area contributed by atoms with Crippen molar-refractivity contribution in [3.63, 3.8) is 0 Å². The zero-order valence-electron chi connectivity index (χ0n) is 17.2. The molecule has 1 aromatic rings. The number of hydrogen-bond acceptors (Lipinski definition) is 6. The number of aliphatic hydroxyl groups is 1. The predicted octanol–water partition coefficient (Wildman–Crippen LogP) is 2.35. The van der Waals surface area contributed by atoms with E-state index in [1.54, 1.807) is 26.1 Å². The Kier molecular flexibility index (Phi) is 7.62. The lowest BCUT2D eigenvalue weighted by Crippen LogP contribution is -2.57. The molecule has 0 spiro atoms. The number of hydrogen-bond donors (Lipinski definition) is 1. The predicted molar refractivity (Wildman–Crippen MR) is 112 cm³/mol. The van der Waals surface area contributed by atoms with Gasteiger partial charge in [0.15, 0.2) is 0 Å². The Morgan fingerprint density at radius 2 is 2.00 bits per heavy atom. The van der Waals surface area contributed by atoms with Crippen LogP contribution in [-0.2, 0) is 19.5 Å². The van der Waals surface area contributed by atoms with E-state index < -0.39 is 28.3 Å². The first kappa shape index (κ1) is 23.3. The molecule has 10 heteroatoms. The quantitative estimate of drug-likeness (QED) is 0.639. The van der Waals surface area contributed by atoms with Crippen LogP contribution in [-0.4, -0.2) is 80.4 Å². The fraction of sp³-hybridized carbons (Fsp3) is 0.650. The number of ether oxygens (including phenoxy) is 2. The highest BCUT2D eigenvalue weighted by Gasteiger charge is 2.47. The summed E-state index contributed by atoms with van der Waals surface area (Å²) in [6.07, 6.45) is 1.25. The van der Waals surface area contributed by atoms with Crippen molar-refractivity contribution in [2.45, 2.75) is 49.3 Å². The minimum Gasteiger partial charge on any atom is -0.448 e. The Labute approximate surface area is 182 Å². The average molecular weight is 461 g/mol. The monoisotopic (exact) mass is 460 g/mol. The second-order valence-corrected chi connectivity index (χ2v) is 10.3. The van der Waals surface area contributed by atoms with Crippen LogP contribution in [0, 0.1) is 5.92 Å². The van der Waals surface area contributed by atoms with Crippen molar-refractivity contribution < 1.29 is 27.8 Å². The SMILES string of the molecule is C[C@H](O)CCN(C)C(=O)OC[C@H]1COCC(C2CC2)N1S(=O)(=O)c1ccc(Cl)cc1. The number of benzene rings is 1. The molecule has 1 heterocycles. The van der Waals surface area contributed by atoms with E-state index in [1.165, 1.54) is 21.3 Å². The maximum atomic E-state index is 13.5. The number of halogens is 1. The number of sulfonamides is 1. The van der Waals surface area contributed by atoms with Crippen molar-refractivity contribution in [2.75, 3.05) is 33.4 Å². The molecule has 1 N–H and O–H groups in total. The van der Waals surface area contributed by atoms with Crippen LogP contribution in [0.3, 0.4) is 0 Å². The summed E-state index contributed by atoms with van der Waals surface area (Å²) in [6, 6.07) is 5.18. The summed E-state index contributed by atoms with van der Waals surface area (Å²) in [4.78, 5) is 13.8. The van der Waals surface area contributed by atoms with Gasteiger partial charge in [-0.15, -0.1) is 0 Å². The lowest BCUT2D eigenvalue weighted by atomic mass is 10.1. The Morgan fingerprint density at radius 3 is 2.60 bits per heavy atom. The van der Waals surface area contributed by atoms with Gasteiger partial charge in [0.1, 0.15) is 6.61 Å². The summed E-state index contributed by atoms with van der Waals surface area (Å²) in [6.45, 7) is 2.37. The van der Waals surface area contributed by atoms with Gasteiger partial charge in [-0.05, 0) is 56.4 Å². The van der Waals surface area contributed by atoms with Gasteiger partial charge in [0.05, 0.1) is 36.3 Å². The molecule has 3 atom stereocenters. The molecule has 0 radical (unpaired) electrons. The average Bonchev–Trinajstić information content (AvgIpc) is 3.55. The van der Waals surface area contributed by atoms with Crippen molar-refractivity contribution in [1.82, 2.24) is 9.21 Å². The van der Waals surface area contributed by atoms with Gasteiger partial charge in [0.2, 0.25) is 10.0 Å². The smallest absolute Gasteiger partial charge is 0.409 e. The first-order valence-electron chi connectivity index (χ1n) is 10.1. The van der Waals surface area contributed by atoms with E-state index in [0.717, 1.165) is 12.8 Å². The van der Waals surface area contributed by atoms with E-state index in [1.807, 2.05) is 0 Å². The Bertz CT molecular complexity index is 828. The van der Waals surface area contributed by atoms with Gasteiger partial charge in [-0.25, -0.2) is 13.2 Å². The molecule has 8 nitrogen and oxygen atoms in total. The van der Waals surface area contributed by atoms with Crippen molar-refractivity contribution in [1.29, 1.82) is 0 Å². The minimum absolute atomic E-state index is 0.103. The molecule has 1 saturated heterocycles. The van der Waals surface area contributed by atoms with Crippen molar-refractivity contribution in [3.05, 3.63) is 29.3 Å². The summed E-state index contributed by atoms with van der Waals surface area (Å²) >= 11 is 5.92. The molecular formula is C20H29ClN2O6S. The maximum absolute atomic E-state index is 13.5. The van der Waals surface area contributed by atoms with Crippen LogP contribution in [0.5, 0.6) is 0 Å². The second kappa shape index (κ2) is 9.82. The number of aliphatic hydroxyl groups excluding tert-OH is 1. The van der Waals surface area contributed by atoms with Crippen LogP contribution in [0.25, 0.3) is 0 Å². The Balaban J connectivity index is 1.75. The molecule has 1 amide bonds. The summed E-state index contributed by atoms with van der Waals surface area (Å²) in [7, 11) is -2.23. The van der Waals surface area contributed by atoms with E-state index in [9.17, 15) is 18.3 Å². The number of carbonyl (C=O) groups excluding carboxylic acids is 1. The van der Waals surface area contributed by atoms with Crippen LogP contribution in [0.2, 0.25) is 5.02 Å². The number of carbonyl (C=O) groups is 1. The van der Waals surface area contributed by atoms with Crippen molar-refractivity contribution in [2.24, 2.45) is 5.92 Å². The highest BCUT2D eigenvalue weighted by Crippen LogP contribution is 2.40. The fourth-order valence-corrected chi connectivity index (χ4v) is 5.49. The van der Waals surface area contributed by atoms with E-state index >= 15 is 0 Å². The standard InChI is InChI=1S/C20H29ClN2O6S/c1-14(24)9-10-22(2)20(25)29-12-17-11-28-13-19(15-3-4-15)23(17)30(26,27)18-7-5-16(21)6-8-18/h5-8,14-15,17,19,24H,3-4,9-13H2,1-2H3/t14-,17+,19?/m0/s1. The number of rotatable bonds is 8. The molecule has 1 unspecified atom stereocenters. The van der Waals surface area contributed by atoms with Crippen LogP contribution in [0.4, 0.5) is 4.79 Å². The van der Waals surface area contributed by atoms with E-state index in [2.05, 4.69) is 0 Å². The van der Waals surface area contributed by atoms with Gasteiger partial charge in [0, 0.05) is 18.6 Å². The zero-order valence-corrected chi connectivity index (χ0v) is 18.8. The molecule has 2 fully saturated rings. The third-order valence-corrected chi connectivity index (χ3v) is 7.68. The van der Waals surface area contributed by atoms with Crippen LogP contribution in [0.1, 0.15) is 26.2 Å².